The monoisotopic (exact) mass is 232 g/mol. The fourth-order valence-corrected chi connectivity index (χ4v) is 2.01. The Hall–Kier alpha value is -2.04. The molecule has 0 N–H and O–H groups in total. The second kappa shape index (κ2) is 3.76. The summed E-state index contributed by atoms with van der Waals surface area (Å²) in [7, 11) is 0. The predicted octanol–water partition coefficient (Wildman–Crippen LogP) is 1.36. The Kier molecular flexibility index (Phi) is 2.24. The van der Waals surface area contributed by atoms with Gasteiger partial charge in [0.2, 0.25) is 0 Å². The van der Waals surface area contributed by atoms with Crippen LogP contribution in [0.15, 0.2) is 24.3 Å². The van der Waals surface area contributed by atoms with Crippen LogP contribution in [0.5, 0.6) is 6.01 Å². The summed E-state index contributed by atoms with van der Waals surface area (Å²) in [6.07, 6.45) is -0.133. The second-order valence-electron chi connectivity index (χ2n) is 4.04. The number of ether oxygens (including phenoxy) is 2. The Morgan fingerprint density at radius 2 is 2.41 bits per heavy atom. The number of fused-ring (bicyclic) bond motifs is 3. The van der Waals surface area contributed by atoms with Crippen molar-refractivity contribution in [3.05, 3.63) is 24.3 Å². The van der Waals surface area contributed by atoms with E-state index in [0.717, 1.165) is 11.0 Å². The van der Waals surface area contributed by atoms with E-state index in [1.165, 1.54) is 6.92 Å². The van der Waals surface area contributed by atoms with Crippen molar-refractivity contribution in [2.24, 2.45) is 0 Å². The maximum absolute atomic E-state index is 10.7. The van der Waals surface area contributed by atoms with E-state index in [4.69, 9.17) is 9.47 Å². The van der Waals surface area contributed by atoms with Crippen molar-refractivity contribution in [3.63, 3.8) is 0 Å². The molecule has 2 heterocycles. The fraction of sp³-hybridized carbons (Fsp3) is 0.333. The van der Waals surface area contributed by atoms with Crippen LogP contribution >= 0.6 is 0 Å². The molecule has 1 atom stereocenters. The maximum atomic E-state index is 10.7. The third-order valence-corrected chi connectivity index (χ3v) is 2.75. The summed E-state index contributed by atoms with van der Waals surface area (Å²) >= 11 is 0. The summed E-state index contributed by atoms with van der Waals surface area (Å²) in [4.78, 5) is 15.1. The number of carbonyl (C=O) groups excluding carboxylic acids is 1. The Balaban J connectivity index is 1.82. The van der Waals surface area contributed by atoms with Crippen molar-refractivity contribution in [1.29, 1.82) is 0 Å². The zero-order valence-corrected chi connectivity index (χ0v) is 9.42. The molecule has 0 bridgehead atoms. The first-order valence-corrected chi connectivity index (χ1v) is 5.49. The predicted molar refractivity (Wildman–Crippen MR) is 60.8 cm³/mol. The molecule has 0 saturated carbocycles. The Labute approximate surface area is 98.0 Å². The lowest BCUT2D eigenvalue weighted by atomic mass is 10.3. The molecule has 1 aromatic heterocycles. The van der Waals surface area contributed by atoms with Crippen LogP contribution in [0.25, 0.3) is 11.0 Å². The molecule has 1 aliphatic rings. The molecule has 3 rings (SSSR count). The molecule has 88 valence electrons. The topological polar surface area (TPSA) is 53.4 Å². The average molecular weight is 232 g/mol. The highest BCUT2D eigenvalue weighted by Crippen LogP contribution is 2.27. The number of hydrogen-bond donors (Lipinski definition) is 0. The van der Waals surface area contributed by atoms with Gasteiger partial charge in [0.1, 0.15) is 6.61 Å². The van der Waals surface area contributed by atoms with Gasteiger partial charge in [-0.25, -0.2) is 0 Å². The number of benzene rings is 1. The van der Waals surface area contributed by atoms with Gasteiger partial charge in [0, 0.05) is 6.92 Å². The number of esters is 1. The van der Waals surface area contributed by atoms with Crippen molar-refractivity contribution in [2.45, 2.75) is 19.6 Å². The van der Waals surface area contributed by atoms with Crippen molar-refractivity contribution in [1.82, 2.24) is 9.55 Å². The molecule has 0 fully saturated rings. The van der Waals surface area contributed by atoms with Crippen molar-refractivity contribution >= 4 is 17.0 Å². The number of para-hydroxylation sites is 2. The van der Waals surface area contributed by atoms with Crippen LogP contribution < -0.4 is 4.74 Å². The Morgan fingerprint density at radius 3 is 3.24 bits per heavy atom. The van der Waals surface area contributed by atoms with E-state index >= 15 is 0 Å². The Morgan fingerprint density at radius 1 is 1.59 bits per heavy atom. The fourth-order valence-electron chi connectivity index (χ4n) is 2.01. The normalized spacial score (nSPS) is 17.8. The molecule has 5 heteroatoms. The summed E-state index contributed by atoms with van der Waals surface area (Å²) in [6, 6.07) is 8.47. The number of rotatable bonds is 2. The van der Waals surface area contributed by atoms with Crippen molar-refractivity contribution in [3.8, 4) is 6.01 Å². The van der Waals surface area contributed by atoms with E-state index < -0.39 is 0 Å². The number of carbonyl (C=O) groups is 1. The summed E-state index contributed by atoms with van der Waals surface area (Å²) in [5.41, 5.74) is 1.97. The summed E-state index contributed by atoms with van der Waals surface area (Å²) in [5, 5.41) is 0. The van der Waals surface area contributed by atoms with E-state index in [-0.39, 0.29) is 18.7 Å². The first-order chi connectivity index (χ1) is 8.24. The third kappa shape index (κ3) is 1.73. The molecule has 1 aromatic carbocycles. The summed E-state index contributed by atoms with van der Waals surface area (Å²) in [5.74, 6) is -0.289. The zero-order valence-electron chi connectivity index (χ0n) is 9.42. The second-order valence-corrected chi connectivity index (χ2v) is 4.04. The highest BCUT2D eigenvalue weighted by atomic mass is 16.6. The van der Waals surface area contributed by atoms with Crippen LogP contribution in [0.4, 0.5) is 0 Å². The van der Waals surface area contributed by atoms with E-state index in [1.54, 1.807) is 0 Å². The molecule has 0 spiro atoms. The van der Waals surface area contributed by atoms with Gasteiger partial charge in [-0.15, -0.1) is 0 Å². The lowest BCUT2D eigenvalue weighted by Gasteiger charge is -2.08. The highest BCUT2D eigenvalue weighted by Gasteiger charge is 2.26. The van der Waals surface area contributed by atoms with Crippen LogP contribution in [-0.2, 0) is 16.1 Å². The zero-order chi connectivity index (χ0) is 11.8. The first kappa shape index (κ1) is 10.1. The molecule has 0 radical (unpaired) electrons. The quantitative estimate of drug-likeness (QED) is 0.734. The number of imidazole rings is 1. The van der Waals surface area contributed by atoms with Gasteiger partial charge < -0.3 is 9.47 Å². The third-order valence-electron chi connectivity index (χ3n) is 2.75. The lowest BCUT2D eigenvalue weighted by Crippen LogP contribution is -2.23. The molecule has 2 aromatic rings. The smallest absolute Gasteiger partial charge is 0.302 e. The average Bonchev–Trinajstić information content (AvgIpc) is 2.83. The number of hydrogen-bond acceptors (Lipinski definition) is 4. The summed E-state index contributed by atoms with van der Waals surface area (Å²) < 4.78 is 12.6. The Bertz CT molecular complexity index is 576. The van der Waals surface area contributed by atoms with Gasteiger partial charge in [0.25, 0.3) is 6.01 Å². The molecule has 1 aliphatic heterocycles. The van der Waals surface area contributed by atoms with Gasteiger partial charge in [-0.05, 0) is 12.1 Å². The van der Waals surface area contributed by atoms with Crippen molar-refractivity contribution < 1.29 is 14.3 Å². The number of aromatic nitrogens is 2. The van der Waals surface area contributed by atoms with Gasteiger partial charge in [0.15, 0.2) is 6.10 Å². The molecule has 5 nitrogen and oxygen atoms in total. The van der Waals surface area contributed by atoms with E-state index in [1.807, 2.05) is 28.8 Å². The van der Waals surface area contributed by atoms with Crippen LogP contribution in [0.2, 0.25) is 0 Å². The van der Waals surface area contributed by atoms with E-state index in [9.17, 15) is 4.79 Å². The minimum absolute atomic E-state index is 0.133. The molecule has 1 unspecified atom stereocenters. The number of nitrogens with zero attached hydrogens (tertiary/aromatic N) is 2. The SMILES string of the molecule is CC(=O)OCC1Cn2c(nc3ccccc32)O1. The largest absolute Gasteiger partial charge is 0.462 e. The molecular formula is C12H12N2O3. The van der Waals surface area contributed by atoms with Crippen LogP contribution in [-0.4, -0.2) is 28.2 Å². The molecule has 17 heavy (non-hydrogen) atoms. The maximum Gasteiger partial charge on any atom is 0.302 e. The minimum atomic E-state index is -0.289. The molecule has 0 amide bonds. The lowest BCUT2D eigenvalue weighted by molar-refractivity contribution is -0.143. The summed E-state index contributed by atoms with van der Waals surface area (Å²) in [6.45, 7) is 2.33. The molecular weight excluding hydrogens is 220 g/mol. The van der Waals surface area contributed by atoms with Gasteiger partial charge >= 0.3 is 5.97 Å². The standard InChI is InChI=1S/C12H12N2O3/c1-8(15)16-7-9-6-14-11-5-3-2-4-10(11)13-12(14)17-9/h2-5,9H,6-7H2,1H3. The molecule has 0 aliphatic carbocycles. The molecule has 0 saturated heterocycles. The van der Waals surface area contributed by atoms with Crippen LogP contribution in [0, 0.1) is 0 Å². The van der Waals surface area contributed by atoms with E-state index in [0.29, 0.717) is 12.6 Å². The highest BCUT2D eigenvalue weighted by molar-refractivity contribution is 5.76. The van der Waals surface area contributed by atoms with Crippen LogP contribution in [0.1, 0.15) is 6.92 Å². The minimum Gasteiger partial charge on any atom is -0.462 e. The van der Waals surface area contributed by atoms with E-state index in [2.05, 4.69) is 4.98 Å². The van der Waals surface area contributed by atoms with Crippen molar-refractivity contribution in [2.75, 3.05) is 6.61 Å². The van der Waals surface area contributed by atoms with Gasteiger partial charge in [-0.1, -0.05) is 12.1 Å². The van der Waals surface area contributed by atoms with Gasteiger partial charge in [-0.2, -0.15) is 4.98 Å². The van der Waals surface area contributed by atoms with Gasteiger partial charge in [0.05, 0.1) is 17.6 Å². The van der Waals surface area contributed by atoms with Gasteiger partial charge in [-0.3, -0.25) is 9.36 Å². The van der Waals surface area contributed by atoms with Crippen LogP contribution in [0.3, 0.4) is 0 Å². The first-order valence-electron chi connectivity index (χ1n) is 5.49.